The predicted molar refractivity (Wildman–Crippen MR) is 186 cm³/mol. The number of fused-ring (bicyclic) bond motifs is 1. The smallest absolute Gasteiger partial charge is 0.354 e. The van der Waals surface area contributed by atoms with E-state index < -0.39 is 44.1 Å². The fourth-order valence-electron chi connectivity index (χ4n) is 5.75. The molecule has 3 aromatic carbocycles. The van der Waals surface area contributed by atoms with Crippen LogP contribution in [0.1, 0.15) is 59.2 Å². The van der Waals surface area contributed by atoms with Crippen molar-refractivity contribution >= 4 is 36.4 Å². The molecule has 4 aromatic rings. The highest BCUT2D eigenvalue weighted by Crippen LogP contribution is 2.45. The standard InChI is InChI=1S/C37H42FN2O8P/c1-23(2)40-33-17-15-30(45-22-49(44,48-29-9-7-6-8-10-29)39-25(5)37(43)46-24(3)4)21-32(33)36(26-11-13-27(38)14-12-26)34(40)18-16-31-19-28(41)20-35(42)47-31/h6-18,21,23-25,28,31,41H,19-20,22H2,1-5H3,(H,39,44)/b18-16+/t25-,28+,31+,49?/m0/s1. The van der Waals surface area contributed by atoms with Crippen molar-refractivity contribution in [2.75, 3.05) is 6.35 Å². The van der Waals surface area contributed by atoms with Gasteiger partial charge in [0, 0.05) is 34.6 Å². The molecule has 0 radical (unpaired) electrons. The van der Waals surface area contributed by atoms with Crippen LogP contribution in [0.3, 0.4) is 0 Å². The summed E-state index contributed by atoms with van der Waals surface area (Å²) in [4.78, 5) is 24.6. The number of benzene rings is 3. The third-order valence-electron chi connectivity index (χ3n) is 7.81. The number of esters is 2. The van der Waals surface area contributed by atoms with E-state index in [9.17, 15) is 23.7 Å². The van der Waals surface area contributed by atoms with Crippen LogP contribution in [0.5, 0.6) is 11.5 Å². The van der Waals surface area contributed by atoms with Crippen LogP contribution in [0, 0.1) is 5.82 Å². The summed E-state index contributed by atoms with van der Waals surface area (Å²) in [6.07, 6.45) is 1.69. The summed E-state index contributed by atoms with van der Waals surface area (Å²) in [5.74, 6) is -0.707. The van der Waals surface area contributed by atoms with E-state index in [2.05, 4.69) is 9.65 Å². The van der Waals surface area contributed by atoms with Crippen LogP contribution in [-0.2, 0) is 23.6 Å². The lowest BCUT2D eigenvalue weighted by Gasteiger charge is -2.24. The minimum absolute atomic E-state index is 0.0154. The molecule has 5 rings (SSSR count). The summed E-state index contributed by atoms with van der Waals surface area (Å²) in [6, 6.07) is 19.2. The maximum atomic E-state index is 14.2. The van der Waals surface area contributed by atoms with E-state index in [4.69, 9.17) is 18.7 Å². The molecule has 0 amide bonds. The van der Waals surface area contributed by atoms with Gasteiger partial charge in [-0.2, -0.15) is 0 Å². The molecule has 1 aromatic heterocycles. The minimum atomic E-state index is -3.85. The second-order valence-electron chi connectivity index (χ2n) is 12.6. The Morgan fingerprint density at radius 3 is 2.43 bits per heavy atom. The second-order valence-corrected chi connectivity index (χ2v) is 14.6. The van der Waals surface area contributed by atoms with Crippen LogP contribution < -0.4 is 14.3 Å². The Morgan fingerprint density at radius 2 is 1.78 bits per heavy atom. The minimum Gasteiger partial charge on any atom is -0.481 e. The van der Waals surface area contributed by atoms with Crippen molar-refractivity contribution in [3.8, 4) is 22.6 Å². The molecule has 12 heteroatoms. The molecule has 0 aliphatic carbocycles. The van der Waals surface area contributed by atoms with Gasteiger partial charge >= 0.3 is 19.5 Å². The van der Waals surface area contributed by atoms with Crippen molar-refractivity contribution in [3.63, 3.8) is 0 Å². The van der Waals surface area contributed by atoms with Gasteiger partial charge in [0.2, 0.25) is 0 Å². The van der Waals surface area contributed by atoms with Crippen molar-refractivity contribution in [2.45, 2.75) is 77.9 Å². The molecule has 0 saturated carbocycles. The molecule has 260 valence electrons. The number of cyclic esters (lactones) is 1. The van der Waals surface area contributed by atoms with E-state index in [1.165, 1.54) is 12.1 Å². The lowest BCUT2D eigenvalue weighted by Crippen LogP contribution is -2.36. The first-order valence-electron chi connectivity index (χ1n) is 16.3. The van der Waals surface area contributed by atoms with E-state index in [0.717, 1.165) is 27.7 Å². The van der Waals surface area contributed by atoms with E-state index in [1.807, 2.05) is 32.1 Å². The average Bonchev–Trinajstić information content (AvgIpc) is 3.36. The molecular weight excluding hydrogens is 650 g/mol. The highest BCUT2D eigenvalue weighted by atomic mass is 31.2. The molecule has 1 saturated heterocycles. The monoisotopic (exact) mass is 692 g/mol. The van der Waals surface area contributed by atoms with Gasteiger partial charge < -0.3 is 28.4 Å². The molecular formula is C37H42FN2O8P. The number of carbonyl (C=O) groups is 2. The van der Waals surface area contributed by atoms with Crippen molar-refractivity contribution in [1.29, 1.82) is 0 Å². The van der Waals surface area contributed by atoms with Crippen LogP contribution in [0.4, 0.5) is 4.39 Å². The maximum Gasteiger partial charge on any atom is 0.354 e. The van der Waals surface area contributed by atoms with Gasteiger partial charge in [0.15, 0.2) is 6.35 Å². The molecule has 49 heavy (non-hydrogen) atoms. The number of hydrogen-bond acceptors (Lipinski definition) is 8. The van der Waals surface area contributed by atoms with Gasteiger partial charge in [-0.1, -0.05) is 30.3 Å². The average molecular weight is 693 g/mol. The largest absolute Gasteiger partial charge is 0.481 e. The van der Waals surface area contributed by atoms with E-state index in [0.29, 0.717) is 11.5 Å². The topological polar surface area (TPSA) is 125 Å². The van der Waals surface area contributed by atoms with Gasteiger partial charge in [0.1, 0.15) is 29.5 Å². The van der Waals surface area contributed by atoms with Crippen LogP contribution in [0.25, 0.3) is 28.1 Å². The normalized spacial score (nSPS) is 18.4. The van der Waals surface area contributed by atoms with Crippen molar-refractivity contribution in [3.05, 3.63) is 90.4 Å². The molecule has 1 fully saturated rings. The molecule has 10 nitrogen and oxygen atoms in total. The molecule has 0 spiro atoms. The number of carbonyl (C=O) groups excluding carboxylic acids is 2. The molecule has 2 heterocycles. The number of aliphatic hydroxyl groups is 1. The first kappa shape index (κ1) is 35.9. The van der Waals surface area contributed by atoms with Gasteiger partial charge in [-0.25, -0.2) is 9.48 Å². The Balaban J connectivity index is 1.53. The Kier molecular flexibility index (Phi) is 11.3. The lowest BCUT2D eigenvalue weighted by atomic mass is 10.00. The van der Waals surface area contributed by atoms with Crippen molar-refractivity contribution < 1.29 is 42.4 Å². The zero-order chi connectivity index (χ0) is 35.3. The van der Waals surface area contributed by atoms with Crippen LogP contribution >= 0.6 is 7.52 Å². The number of aromatic nitrogens is 1. The lowest BCUT2D eigenvalue weighted by molar-refractivity contribution is -0.156. The predicted octanol–water partition coefficient (Wildman–Crippen LogP) is 7.65. The van der Waals surface area contributed by atoms with Gasteiger partial charge in [-0.05, 0) is 94.8 Å². The van der Waals surface area contributed by atoms with E-state index in [1.54, 1.807) is 75.4 Å². The molecule has 2 N–H and O–H groups in total. The molecule has 0 bridgehead atoms. The van der Waals surface area contributed by atoms with Crippen molar-refractivity contribution in [1.82, 2.24) is 9.65 Å². The van der Waals surface area contributed by atoms with Crippen LogP contribution in [-0.4, -0.2) is 52.3 Å². The molecule has 1 aliphatic rings. The van der Waals surface area contributed by atoms with Crippen LogP contribution in [0.2, 0.25) is 0 Å². The van der Waals surface area contributed by atoms with E-state index >= 15 is 0 Å². The molecule has 1 aliphatic heterocycles. The summed E-state index contributed by atoms with van der Waals surface area (Å²) in [5, 5.41) is 13.7. The zero-order valence-electron chi connectivity index (χ0n) is 28.2. The Morgan fingerprint density at radius 1 is 1.06 bits per heavy atom. The number of aliphatic hydroxyl groups excluding tert-OH is 1. The first-order chi connectivity index (χ1) is 23.3. The highest BCUT2D eigenvalue weighted by molar-refractivity contribution is 7.57. The van der Waals surface area contributed by atoms with E-state index in [-0.39, 0.29) is 30.8 Å². The molecule has 1 unspecified atom stereocenters. The van der Waals surface area contributed by atoms with Gasteiger partial charge in [0.05, 0.1) is 18.6 Å². The van der Waals surface area contributed by atoms with Gasteiger partial charge in [-0.3, -0.25) is 14.2 Å². The maximum absolute atomic E-state index is 14.2. The van der Waals surface area contributed by atoms with Gasteiger partial charge in [0.25, 0.3) is 0 Å². The SMILES string of the molecule is CC(C)OC(=O)[C@H](C)NP(=O)(COc1ccc2c(c1)c(-c1ccc(F)cc1)c(/C=C/[C@@H]1C[C@@H](O)CC(=O)O1)n2C(C)C)Oc1ccccc1. The number of ether oxygens (including phenoxy) is 3. The summed E-state index contributed by atoms with van der Waals surface area (Å²) >= 11 is 0. The highest BCUT2D eigenvalue weighted by Gasteiger charge is 2.32. The third kappa shape index (κ3) is 8.97. The Bertz CT molecular complexity index is 1860. The number of halogens is 1. The van der Waals surface area contributed by atoms with Crippen LogP contribution in [0.15, 0.2) is 78.9 Å². The second kappa shape index (κ2) is 15.4. The number of hydrogen-bond donors (Lipinski definition) is 2. The number of rotatable bonds is 13. The summed E-state index contributed by atoms with van der Waals surface area (Å²) in [7, 11) is -3.85. The Labute approximate surface area is 285 Å². The summed E-state index contributed by atoms with van der Waals surface area (Å²) < 4.78 is 53.2. The molecule has 4 atom stereocenters. The summed E-state index contributed by atoms with van der Waals surface area (Å²) in [6.45, 7) is 9.08. The third-order valence-corrected chi connectivity index (χ3v) is 9.57. The number of nitrogens with zero attached hydrogens (tertiary/aromatic N) is 1. The van der Waals surface area contributed by atoms with Gasteiger partial charge in [-0.15, -0.1) is 0 Å². The van der Waals surface area contributed by atoms with Crippen molar-refractivity contribution in [2.24, 2.45) is 0 Å². The first-order valence-corrected chi connectivity index (χ1v) is 18.1. The number of nitrogens with one attached hydrogen (secondary N) is 1. The Hall–Kier alpha value is -4.44. The quantitative estimate of drug-likeness (QED) is 0.107. The zero-order valence-corrected chi connectivity index (χ0v) is 29.1. The summed E-state index contributed by atoms with van der Waals surface area (Å²) in [5.41, 5.74) is 3.15. The fourth-order valence-corrected chi connectivity index (χ4v) is 7.41. The fraction of sp³-hybridized carbons (Fsp3) is 0.351. The number of para-hydroxylation sites is 1.